The zero-order valence-electron chi connectivity index (χ0n) is 12.4. The molecule has 5 heteroatoms. The molecule has 0 saturated heterocycles. The van der Waals surface area contributed by atoms with Gasteiger partial charge >= 0.3 is 0 Å². The SMILES string of the molecule is O=C(NCC1CCCC(O)C1)c1ccc(-c2cscn2)cc1. The maximum absolute atomic E-state index is 12.2. The molecule has 3 rings (SSSR count). The van der Waals surface area contributed by atoms with Crippen LogP contribution in [0.3, 0.4) is 0 Å². The third-order valence-electron chi connectivity index (χ3n) is 4.18. The smallest absolute Gasteiger partial charge is 0.251 e. The first-order valence-electron chi connectivity index (χ1n) is 7.67. The highest BCUT2D eigenvalue weighted by Gasteiger charge is 2.20. The molecule has 2 aromatic rings. The van der Waals surface area contributed by atoms with Gasteiger partial charge in [-0.2, -0.15) is 0 Å². The van der Waals surface area contributed by atoms with E-state index < -0.39 is 0 Å². The molecule has 2 N–H and O–H groups in total. The summed E-state index contributed by atoms with van der Waals surface area (Å²) in [5, 5.41) is 14.6. The van der Waals surface area contributed by atoms with Gasteiger partial charge in [-0.1, -0.05) is 18.6 Å². The van der Waals surface area contributed by atoms with Crippen LogP contribution in [0, 0.1) is 5.92 Å². The molecular formula is C17H20N2O2S. The van der Waals surface area contributed by atoms with Crippen molar-refractivity contribution >= 4 is 17.2 Å². The summed E-state index contributed by atoms with van der Waals surface area (Å²) in [5.41, 5.74) is 4.42. The predicted octanol–water partition coefficient (Wildman–Crippen LogP) is 3.09. The van der Waals surface area contributed by atoms with Crippen LogP contribution >= 0.6 is 11.3 Å². The van der Waals surface area contributed by atoms with Crippen molar-refractivity contribution in [2.24, 2.45) is 5.92 Å². The largest absolute Gasteiger partial charge is 0.393 e. The van der Waals surface area contributed by atoms with E-state index in [0.29, 0.717) is 18.0 Å². The van der Waals surface area contributed by atoms with E-state index in [4.69, 9.17) is 0 Å². The molecule has 0 aliphatic heterocycles. The molecule has 22 heavy (non-hydrogen) atoms. The molecule has 2 atom stereocenters. The summed E-state index contributed by atoms with van der Waals surface area (Å²) < 4.78 is 0. The summed E-state index contributed by atoms with van der Waals surface area (Å²) >= 11 is 1.56. The number of hydrogen-bond donors (Lipinski definition) is 2. The van der Waals surface area contributed by atoms with E-state index in [2.05, 4.69) is 10.3 Å². The van der Waals surface area contributed by atoms with Crippen LogP contribution in [0.25, 0.3) is 11.3 Å². The minimum atomic E-state index is -0.201. The Balaban J connectivity index is 1.56. The lowest BCUT2D eigenvalue weighted by Gasteiger charge is -2.25. The van der Waals surface area contributed by atoms with Crippen LogP contribution < -0.4 is 5.32 Å². The summed E-state index contributed by atoms with van der Waals surface area (Å²) in [7, 11) is 0. The van der Waals surface area contributed by atoms with Gasteiger partial charge in [0.1, 0.15) is 0 Å². The zero-order valence-corrected chi connectivity index (χ0v) is 13.2. The van der Waals surface area contributed by atoms with Crippen LogP contribution in [0.4, 0.5) is 0 Å². The first kappa shape index (κ1) is 15.2. The number of hydrogen-bond acceptors (Lipinski definition) is 4. The average Bonchev–Trinajstić information content (AvgIpc) is 3.07. The maximum Gasteiger partial charge on any atom is 0.251 e. The molecule has 1 aromatic heterocycles. The summed E-state index contributed by atoms with van der Waals surface area (Å²) in [6.07, 6.45) is 3.61. The van der Waals surface area contributed by atoms with Gasteiger partial charge in [0.2, 0.25) is 0 Å². The Morgan fingerprint density at radius 2 is 2.14 bits per heavy atom. The van der Waals surface area contributed by atoms with E-state index in [1.54, 1.807) is 16.8 Å². The Morgan fingerprint density at radius 3 is 2.82 bits per heavy atom. The molecule has 0 spiro atoms. The number of nitrogens with one attached hydrogen (secondary N) is 1. The predicted molar refractivity (Wildman–Crippen MR) is 87.8 cm³/mol. The Hall–Kier alpha value is -1.72. The van der Waals surface area contributed by atoms with Crippen LogP contribution in [-0.2, 0) is 0 Å². The normalized spacial score (nSPS) is 21.5. The number of aliphatic hydroxyl groups excluding tert-OH is 1. The van der Waals surface area contributed by atoms with Crippen LogP contribution in [0.5, 0.6) is 0 Å². The van der Waals surface area contributed by atoms with Crippen molar-refractivity contribution in [3.05, 3.63) is 40.7 Å². The number of aliphatic hydroxyl groups is 1. The van der Waals surface area contributed by atoms with Crippen LogP contribution in [0.1, 0.15) is 36.0 Å². The fourth-order valence-corrected chi connectivity index (χ4v) is 3.50. The molecule has 1 fully saturated rings. The van der Waals surface area contributed by atoms with E-state index in [9.17, 15) is 9.90 Å². The van der Waals surface area contributed by atoms with Gasteiger partial charge in [-0.3, -0.25) is 4.79 Å². The second-order valence-electron chi connectivity index (χ2n) is 5.85. The number of carbonyl (C=O) groups is 1. The number of benzene rings is 1. The number of amides is 1. The zero-order chi connectivity index (χ0) is 15.4. The Bertz CT molecular complexity index is 610. The molecule has 0 bridgehead atoms. The van der Waals surface area contributed by atoms with Crippen molar-refractivity contribution in [1.82, 2.24) is 10.3 Å². The quantitative estimate of drug-likeness (QED) is 0.911. The lowest BCUT2D eigenvalue weighted by atomic mass is 9.87. The molecule has 1 heterocycles. The minimum Gasteiger partial charge on any atom is -0.393 e. The highest BCUT2D eigenvalue weighted by molar-refractivity contribution is 7.07. The summed E-state index contributed by atoms with van der Waals surface area (Å²) in [6, 6.07) is 7.52. The van der Waals surface area contributed by atoms with Gasteiger partial charge in [0.25, 0.3) is 5.91 Å². The summed E-state index contributed by atoms with van der Waals surface area (Å²) in [6.45, 7) is 0.643. The molecule has 1 aliphatic rings. The highest BCUT2D eigenvalue weighted by atomic mass is 32.1. The second kappa shape index (κ2) is 7.03. The van der Waals surface area contributed by atoms with Crippen molar-refractivity contribution in [2.75, 3.05) is 6.54 Å². The highest BCUT2D eigenvalue weighted by Crippen LogP contribution is 2.23. The van der Waals surface area contributed by atoms with Gasteiger partial charge in [-0.05, 0) is 37.3 Å². The van der Waals surface area contributed by atoms with E-state index in [-0.39, 0.29) is 12.0 Å². The third kappa shape index (κ3) is 3.72. The number of rotatable bonds is 4. The summed E-state index contributed by atoms with van der Waals surface area (Å²) in [5.74, 6) is 0.340. The molecule has 4 nitrogen and oxygen atoms in total. The Morgan fingerprint density at radius 1 is 1.32 bits per heavy atom. The molecule has 116 valence electrons. The molecule has 2 unspecified atom stereocenters. The Kier molecular flexibility index (Phi) is 4.85. The lowest BCUT2D eigenvalue weighted by molar-refractivity contribution is 0.0874. The average molecular weight is 316 g/mol. The number of nitrogens with zero attached hydrogens (tertiary/aromatic N) is 1. The van der Waals surface area contributed by atoms with Crippen molar-refractivity contribution < 1.29 is 9.90 Å². The van der Waals surface area contributed by atoms with Crippen LogP contribution in [0.15, 0.2) is 35.2 Å². The minimum absolute atomic E-state index is 0.0510. The van der Waals surface area contributed by atoms with Gasteiger partial charge < -0.3 is 10.4 Å². The molecule has 1 saturated carbocycles. The number of thiazole rings is 1. The van der Waals surface area contributed by atoms with E-state index in [0.717, 1.165) is 36.9 Å². The molecule has 1 amide bonds. The topological polar surface area (TPSA) is 62.2 Å². The van der Waals surface area contributed by atoms with Crippen molar-refractivity contribution in [3.8, 4) is 11.3 Å². The van der Waals surface area contributed by atoms with Gasteiger partial charge in [-0.25, -0.2) is 4.98 Å². The van der Waals surface area contributed by atoms with Crippen molar-refractivity contribution in [2.45, 2.75) is 31.8 Å². The van der Waals surface area contributed by atoms with Crippen molar-refractivity contribution in [1.29, 1.82) is 0 Å². The number of aromatic nitrogens is 1. The standard InChI is InChI=1S/C17H20N2O2S/c20-15-3-1-2-12(8-15)9-18-17(21)14-6-4-13(5-7-14)16-10-22-11-19-16/h4-7,10-12,15,20H,1-3,8-9H2,(H,18,21). The van der Waals surface area contributed by atoms with Gasteiger partial charge in [0.05, 0.1) is 17.3 Å². The molecule has 0 radical (unpaired) electrons. The first-order chi connectivity index (χ1) is 10.7. The molecule has 1 aromatic carbocycles. The van der Waals surface area contributed by atoms with Gasteiger partial charge in [0, 0.05) is 23.1 Å². The fraction of sp³-hybridized carbons (Fsp3) is 0.412. The fourth-order valence-electron chi connectivity index (χ4n) is 2.93. The van der Waals surface area contributed by atoms with E-state index in [1.807, 2.05) is 29.6 Å². The van der Waals surface area contributed by atoms with Gasteiger partial charge in [-0.15, -0.1) is 11.3 Å². The van der Waals surface area contributed by atoms with Crippen LogP contribution in [-0.4, -0.2) is 28.6 Å². The van der Waals surface area contributed by atoms with Gasteiger partial charge in [0.15, 0.2) is 0 Å². The van der Waals surface area contributed by atoms with Crippen molar-refractivity contribution in [3.63, 3.8) is 0 Å². The number of carbonyl (C=O) groups excluding carboxylic acids is 1. The molecule has 1 aliphatic carbocycles. The van der Waals surface area contributed by atoms with Crippen LogP contribution in [0.2, 0.25) is 0 Å². The third-order valence-corrected chi connectivity index (χ3v) is 4.77. The summed E-state index contributed by atoms with van der Waals surface area (Å²) in [4.78, 5) is 16.4. The first-order valence-corrected chi connectivity index (χ1v) is 8.61. The lowest BCUT2D eigenvalue weighted by Crippen LogP contribution is -2.32. The van der Waals surface area contributed by atoms with E-state index in [1.165, 1.54) is 0 Å². The Labute approximate surface area is 134 Å². The maximum atomic E-state index is 12.2. The van der Waals surface area contributed by atoms with E-state index >= 15 is 0 Å². The molecular weight excluding hydrogens is 296 g/mol. The second-order valence-corrected chi connectivity index (χ2v) is 6.57. The monoisotopic (exact) mass is 316 g/mol.